The Morgan fingerprint density at radius 2 is 1.79 bits per heavy atom. The van der Waals surface area contributed by atoms with Crippen LogP contribution in [0.5, 0.6) is 5.75 Å². The van der Waals surface area contributed by atoms with Gasteiger partial charge in [-0.25, -0.2) is 4.99 Å². The minimum Gasteiger partial charge on any atom is -0.497 e. The first-order chi connectivity index (χ1) is 13.4. The molecule has 0 bridgehead atoms. The molecule has 0 aliphatic heterocycles. The molecule has 0 saturated carbocycles. The highest BCUT2D eigenvalue weighted by Crippen LogP contribution is 2.16. The van der Waals surface area contributed by atoms with Crippen LogP contribution in [0.25, 0.3) is 0 Å². The molecule has 0 saturated heterocycles. The van der Waals surface area contributed by atoms with Crippen LogP contribution < -0.4 is 15.4 Å². The fraction of sp³-hybridized carbons (Fsp3) is 0.333. The average molecular weight is 403 g/mol. The maximum absolute atomic E-state index is 11.9. The predicted molar refractivity (Wildman–Crippen MR) is 114 cm³/mol. The van der Waals surface area contributed by atoms with Gasteiger partial charge in [0.15, 0.2) is 5.96 Å². The van der Waals surface area contributed by atoms with Gasteiger partial charge in [0, 0.05) is 25.7 Å². The molecule has 7 heteroatoms. The molecule has 0 radical (unpaired) electrons. The molecule has 2 aromatic rings. The summed E-state index contributed by atoms with van der Waals surface area (Å²) < 4.78 is 5.18. The standard InChI is InChI=1S/C21H27ClN4O2/c1-15-11-17(7-10-19(15)22)13-24-21(25-14-20(27)26(2)3)23-12-16-5-8-18(28-4)9-6-16/h5-11H,12-14H2,1-4H3,(H2,23,24,25). The zero-order valence-corrected chi connectivity index (χ0v) is 17.5. The number of nitrogens with zero attached hydrogens (tertiary/aromatic N) is 2. The number of amides is 1. The number of carbonyl (C=O) groups excluding carboxylic acids is 1. The number of hydrogen-bond donors (Lipinski definition) is 2. The van der Waals surface area contributed by atoms with E-state index in [-0.39, 0.29) is 12.5 Å². The van der Waals surface area contributed by atoms with Crippen molar-refractivity contribution in [3.05, 3.63) is 64.2 Å². The number of halogens is 1. The van der Waals surface area contributed by atoms with Gasteiger partial charge in [-0.05, 0) is 41.8 Å². The number of guanidine groups is 1. The summed E-state index contributed by atoms with van der Waals surface area (Å²) in [7, 11) is 5.09. The third-order valence-corrected chi connectivity index (χ3v) is 4.59. The first-order valence-corrected chi connectivity index (χ1v) is 9.37. The van der Waals surface area contributed by atoms with Gasteiger partial charge < -0.3 is 20.3 Å². The van der Waals surface area contributed by atoms with E-state index in [2.05, 4.69) is 15.6 Å². The fourth-order valence-corrected chi connectivity index (χ4v) is 2.51. The summed E-state index contributed by atoms with van der Waals surface area (Å²) in [5.41, 5.74) is 3.14. The average Bonchev–Trinajstić information content (AvgIpc) is 2.69. The molecule has 2 aromatic carbocycles. The third kappa shape index (κ3) is 6.78. The van der Waals surface area contributed by atoms with Crippen molar-refractivity contribution in [2.45, 2.75) is 20.0 Å². The van der Waals surface area contributed by atoms with Crippen LogP contribution in [0.1, 0.15) is 16.7 Å². The largest absolute Gasteiger partial charge is 0.497 e. The van der Waals surface area contributed by atoms with E-state index in [4.69, 9.17) is 16.3 Å². The smallest absolute Gasteiger partial charge is 0.241 e. The van der Waals surface area contributed by atoms with E-state index in [0.29, 0.717) is 19.0 Å². The Labute approximate surface area is 171 Å². The maximum atomic E-state index is 11.9. The van der Waals surface area contributed by atoms with E-state index in [1.165, 1.54) is 4.90 Å². The zero-order valence-electron chi connectivity index (χ0n) is 16.8. The Hall–Kier alpha value is -2.73. The number of benzene rings is 2. The molecular formula is C21H27ClN4O2. The summed E-state index contributed by atoms with van der Waals surface area (Å²) in [4.78, 5) is 18.0. The van der Waals surface area contributed by atoms with Crippen LogP contribution in [-0.4, -0.2) is 44.5 Å². The molecule has 0 spiro atoms. The Balaban J connectivity index is 2.05. The molecule has 2 N–H and O–H groups in total. The van der Waals surface area contributed by atoms with Crippen molar-refractivity contribution in [3.63, 3.8) is 0 Å². The maximum Gasteiger partial charge on any atom is 0.241 e. The van der Waals surface area contributed by atoms with Gasteiger partial charge in [-0.2, -0.15) is 0 Å². The van der Waals surface area contributed by atoms with Crippen molar-refractivity contribution in [3.8, 4) is 5.75 Å². The first-order valence-electron chi connectivity index (χ1n) is 8.99. The monoisotopic (exact) mass is 402 g/mol. The first kappa shape index (κ1) is 21.6. The Morgan fingerprint density at radius 3 is 2.39 bits per heavy atom. The van der Waals surface area contributed by atoms with Crippen molar-refractivity contribution in [2.24, 2.45) is 4.99 Å². The number of aryl methyl sites for hydroxylation is 1. The number of nitrogens with one attached hydrogen (secondary N) is 2. The number of carbonyl (C=O) groups is 1. The predicted octanol–water partition coefficient (Wildman–Crippen LogP) is 2.98. The molecule has 28 heavy (non-hydrogen) atoms. The lowest BCUT2D eigenvalue weighted by molar-refractivity contribution is -0.127. The molecule has 0 heterocycles. The highest BCUT2D eigenvalue weighted by Gasteiger charge is 2.06. The summed E-state index contributed by atoms with van der Waals surface area (Å²) in [6.07, 6.45) is 0. The van der Waals surface area contributed by atoms with Gasteiger partial charge in [-0.15, -0.1) is 0 Å². The number of methoxy groups -OCH3 is 1. The summed E-state index contributed by atoms with van der Waals surface area (Å²) in [6.45, 7) is 3.19. The van der Waals surface area contributed by atoms with Crippen LogP contribution in [0.3, 0.4) is 0 Å². The summed E-state index contributed by atoms with van der Waals surface area (Å²) in [5, 5.41) is 7.09. The molecule has 0 aliphatic rings. The molecule has 0 fully saturated rings. The van der Waals surface area contributed by atoms with E-state index in [0.717, 1.165) is 27.5 Å². The topological polar surface area (TPSA) is 66.0 Å². The summed E-state index contributed by atoms with van der Waals surface area (Å²) >= 11 is 6.09. The van der Waals surface area contributed by atoms with Crippen LogP contribution in [0, 0.1) is 6.92 Å². The van der Waals surface area contributed by atoms with Crippen LogP contribution in [0.2, 0.25) is 5.02 Å². The van der Waals surface area contributed by atoms with Gasteiger partial charge in [-0.1, -0.05) is 35.9 Å². The van der Waals surface area contributed by atoms with E-state index in [1.54, 1.807) is 21.2 Å². The fourth-order valence-electron chi connectivity index (χ4n) is 2.40. The Kier molecular flexibility index (Phi) is 8.14. The molecule has 6 nitrogen and oxygen atoms in total. The zero-order chi connectivity index (χ0) is 20.5. The number of aliphatic imine (C=N–C) groups is 1. The van der Waals surface area contributed by atoms with Gasteiger partial charge in [0.1, 0.15) is 5.75 Å². The molecular weight excluding hydrogens is 376 g/mol. The quantitative estimate of drug-likeness (QED) is 0.552. The van der Waals surface area contributed by atoms with Gasteiger partial charge >= 0.3 is 0 Å². The van der Waals surface area contributed by atoms with Crippen molar-refractivity contribution >= 4 is 23.5 Å². The second-order valence-corrected chi connectivity index (χ2v) is 7.00. The number of ether oxygens (including phenoxy) is 1. The van der Waals surface area contributed by atoms with Crippen molar-refractivity contribution in [2.75, 3.05) is 27.7 Å². The van der Waals surface area contributed by atoms with Crippen LogP contribution >= 0.6 is 11.6 Å². The SMILES string of the molecule is COc1ccc(CNC(=NCc2ccc(Cl)c(C)c2)NCC(=O)N(C)C)cc1. The van der Waals surface area contributed by atoms with Crippen molar-refractivity contribution in [1.29, 1.82) is 0 Å². The molecule has 0 aromatic heterocycles. The molecule has 0 unspecified atom stereocenters. The molecule has 0 aliphatic carbocycles. The second kappa shape index (κ2) is 10.6. The van der Waals surface area contributed by atoms with E-state index >= 15 is 0 Å². The number of hydrogen-bond acceptors (Lipinski definition) is 3. The van der Waals surface area contributed by atoms with Gasteiger partial charge in [0.2, 0.25) is 5.91 Å². The van der Waals surface area contributed by atoms with Crippen LogP contribution in [0.15, 0.2) is 47.5 Å². The normalized spacial score (nSPS) is 11.1. The summed E-state index contributed by atoms with van der Waals surface area (Å²) in [6, 6.07) is 13.6. The Morgan fingerprint density at radius 1 is 1.11 bits per heavy atom. The molecule has 0 atom stereocenters. The second-order valence-electron chi connectivity index (χ2n) is 6.59. The minimum absolute atomic E-state index is 0.0266. The molecule has 1 amide bonds. The van der Waals surface area contributed by atoms with Gasteiger partial charge in [-0.3, -0.25) is 4.79 Å². The van der Waals surface area contributed by atoms with Crippen LogP contribution in [-0.2, 0) is 17.9 Å². The van der Waals surface area contributed by atoms with Crippen molar-refractivity contribution in [1.82, 2.24) is 15.5 Å². The van der Waals surface area contributed by atoms with Gasteiger partial charge in [0.05, 0.1) is 20.2 Å². The lowest BCUT2D eigenvalue weighted by Crippen LogP contribution is -2.42. The van der Waals surface area contributed by atoms with Gasteiger partial charge in [0.25, 0.3) is 0 Å². The third-order valence-electron chi connectivity index (χ3n) is 4.17. The number of likely N-dealkylation sites (N-methyl/N-ethyl adjacent to an activating group) is 1. The van der Waals surface area contributed by atoms with E-state index in [9.17, 15) is 4.79 Å². The lowest BCUT2D eigenvalue weighted by atomic mass is 10.1. The molecule has 2 rings (SSSR count). The highest BCUT2D eigenvalue weighted by atomic mass is 35.5. The number of rotatable bonds is 7. The highest BCUT2D eigenvalue weighted by molar-refractivity contribution is 6.31. The molecule has 150 valence electrons. The summed E-state index contributed by atoms with van der Waals surface area (Å²) in [5.74, 6) is 1.35. The lowest BCUT2D eigenvalue weighted by Gasteiger charge is -2.15. The minimum atomic E-state index is -0.0266. The van der Waals surface area contributed by atoms with E-state index < -0.39 is 0 Å². The van der Waals surface area contributed by atoms with E-state index in [1.807, 2.05) is 49.4 Å². The van der Waals surface area contributed by atoms with Crippen molar-refractivity contribution < 1.29 is 9.53 Å². The Bertz CT molecular complexity index is 820. The van der Waals surface area contributed by atoms with Crippen LogP contribution in [0.4, 0.5) is 0 Å².